The van der Waals surface area contributed by atoms with E-state index < -0.39 is 35.7 Å². The van der Waals surface area contributed by atoms with Gasteiger partial charge in [0.15, 0.2) is 0 Å². The number of ether oxygens (including phenoxy) is 2. The Morgan fingerprint density at radius 2 is 1.69 bits per heavy atom. The lowest BCUT2D eigenvalue weighted by molar-refractivity contribution is -0.145. The number of carbonyl (C=O) groups excluding carboxylic acids is 4. The molecule has 0 aromatic heterocycles. The number of unbranched alkanes of at least 4 members (excludes halogenated alkanes) is 4. The van der Waals surface area contributed by atoms with Crippen LogP contribution in [0.1, 0.15) is 97.2 Å². The molecule has 0 aliphatic carbocycles. The lowest BCUT2D eigenvalue weighted by Gasteiger charge is -2.36. The van der Waals surface area contributed by atoms with Gasteiger partial charge in [-0.1, -0.05) is 82.7 Å². The molecule has 1 aromatic rings. The van der Waals surface area contributed by atoms with Crippen molar-refractivity contribution in [2.45, 2.75) is 105 Å². The van der Waals surface area contributed by atoms with Crippen molar-refractivity contribution in [1.82, 2.24) is 15.5 Å². The van der Waals surface area contributed by atoms with Crippen LogP contribution in [-0.4, -0.2) is 60.6 Å². The SMILES string of the molecule is CCCCCCCN(C(=O)C(NC(=O)OC(C)(C)C)C(C)CC)C(C(=O)NCC(=O)OC)c1cccc(C)c1. The van der Waals surface area contributed by atoms with Crippen LogP contribution in [0.4, 0.5) is 4.79 Å². The van der Waals surface area contributed by atoms with Gasteiger partial charge in [-0.25, -0.2) is 4.79 Å². The molecule has 220 valence electrons. The first kappa shape index (κ1) is 33.9. The van der Waals surface area contributed by atoms with Gasteiger partial charge in [0.05, 0.1) is 7.11 Å². The Bertz CT molecular complexity index is 943. The zero-order chi connectivity index (χ0) is 29.6. The van der Waals surface area contributed by atoms with E-state index >= 15 is 0 Å². The highest BCUT2D eigenvalue weighted by Gasteiger charge is 2.38. The second kappa shape index (κ2) is 16.8. The Morgan fingerprint density at radius 1 is 1.03 bits per heavy atom. The zero-order valence-corrected chi connectivity index (χ0v) is 25.1. The third-order valence-corrected chi connectivity index (χ3v) is 6.49. The molecular formula is C30H49N3O6. The summed E-state index contributed by atoms with van der Waals surface area (Å²) in [7, 11) is 1.25. The Kier molecular flexibility index (Phi) is 14.6. The molecule has 3 unspecified atom stereocenters. The summed E-state index contributed by atoms with van der Waals surface area (Å²) in [6, 6.07) is 5.50. The molecule has 0 aliphatic rings. The van der Waals surface area contributed by atoms with Crippen molar-refractivity contribution < 1.29 is 28.7 Å². The molecule has 0 heterocycles. The summed E-state index contributed by atoms with van der Waals surface area (Å²) < 4.78 is 10.1. The van der Waals surface area contributed by atoms with Gasteiger partial charge in [0.1, 0.15) is 24.2 Å². The number of nitrogens with one attached hydrogen (secondary N) is 2. The second-order valence-corrected chi connectivity index (χ2v) is 11.1. The van der Waals surface area contributed by atoms with Gasteiger partial charge in [-0.15, -0.1) is 0 Å². The Hall–Kier alpha value is -3.10. The molecule has 0 radical (unpaired) electrons. The summed E-state index contributed by atoms with van der Waals surface area (Å²) in [4.78, 5) is 53.9. The topological polar surface area (TPSA) is 114 Å². The Morgan fingerprint density at radius 3 is 2.26 bits per heavy atom. The molecular weight excluding hydrogens is 498 g/mol. The van der Waals surface area contributed by atoms with E-state index in [1.807, 2.05) is 39.0 Å². The number of rotatable bonds is 15. The maximum atomic E-state index is 14.2. The number of hydrogen-bond donors (Lipinski definition) is 2. The first-order valence-corrected chi connectivity index (χ1v) is 14.1. The molecule has 1 aromatic carbocycles. The molecule has 0 bridgehead atoms. The number of methoxy groups -OCH3 is 1. The van der Waals surface area contributed by atoms with Crippen LogP contribution < -0.4 is 10.6 Å². The fourth-order valence-corrected chi connectivity index (χ4v) is 4.19. The van der Waals surface area contributed by atoms with Crippen molar-refractivity contribution in [3.8, 4) is 0 Å². The fourth-order valence-electron chi connectivity index (χ4n) is 4.19. The number of hydrogen-bond acceptors (Lipinski definition) is 6. The summed E-state index contributed by atoms with van der Waals surface area (Å²) in [5.74, 6) is -1.67. The van der Waals surface area contributed by atoms with Crippen molar-refractivity contribution in [2.75, 3.05) is 20.2 Å². The number of amides is 3. The van der Waals surface area contributed by atoms with Crippen LogP contribution in [0, 0.1) is 12.8 Å². The maximum absolute atomic E-state index is 14.2. The highest BCUT2D eigenvalue weighted by atomic mass is 16.6. The molecule has 39 heavy (non-hydrogen) atoms. The van der Waals surface area contributed by atoms with Crippen LogP contribution in [0.3, 0.4) is 0 Å². The maximum Gasteiger partial charge on any atom is 0.408 e. The molecule has 0 aliphatic heterocycles. The smallest absolute Gasteiger partial charge is 0.408 e. The van der Waals surface area contributed by atoms with E-state index in [1.54, 1.807) is 31.7 Å². The van der Waals surface area contributed by atoms with Gasteiger partial charge < -0.3 is 25.0 Å². The highest BCUT2D eigenvalue weighted by molar-refractivity contribution is 5.93. The molecule has 0 spiro atoms. The monoisotopic (exact) mass is 547 g/mol. The van der Waals surface area contributed by atoms with Gasteiger partial charge in [-0.2, -0.15) is 0 Å². The molecule has 1 rings (SSSR count). The van der Waals surface area contributed by atoms with E-state index in [0.29, 0.717) is 24.9 Å². The van der Waals surface area contributed by atoms with Crippen LogP contribution in [0.25, 0.3) is 0 Å². The lowest BCUT2D eigenvalue weighted by atomic mass is 9.95. The number of nitrogens with zero attached hydrogens (tertiary/aromatic N) is 1. The number of carbonyl (C=O) groups is 4. The van der Waals surface area contributed by atoms with E-state index in [2.05, 4.69) is 22.3 Å². The quantitative estimate of drug-likeness (QED) is 0.234. The minimum Gasteiger partial charge on any atom is -0.468 e. The van der Waals surface area contributed by atoms with Crippen LogP contribution in [0.15, 0.2) is 24.3 Å². The Labute approximate surface area is 234 Å². The third-order valence-electron chi connectivity index (χ3n) is 6.49. The summed E-state index contributed by atoms with van der Waals surface area (Å²) >= 11 is 0. The molecule has 3 amide bonds. The minimum atomic E-state index is -1.000. The van der Waals surface area contributed by atoms with Gasteiger partial charge >= 0.3 is 12.1 Å². The Balaban J connectivity index is 3.50. The standard InChI is InChI=1S/C30H49N3O6/c1-9-11-12-13-14-18-33(28(36)25(22(4)10-2)32-29(37)39-30(5,6)7)26(23-17-15-16-21(3)19-23)27(35)31-20-24(34)38-8/h15-17,19,22,25-26H,9-14,18,20H2,1-8H3,(H,31,35)(H,32,37). The lowest BCUT2D eigenvalue weighted by Crippen LogP contribution is -2.55. The van der Waals surface area contributed by atoms with Gasteiger partial charge in [0.2, 0.25) is 11.8 Å². The summed E-state index contributed by atoms with van der Waals surface area (Å²) in [6.45, 7) is 13.1. The first-order valence-electron chi connectivity index (χ1n) is 14.1. The van der Waals surface area contributed by atoms with Crippen LogP contribution >= 0.6 is 0 Å². The second-order valence-electron chi connectivity index (χ2n) is 11.1. The molecule has 9 nitrogen and oxygen atoms in total. The normalized spacial score (nSPS) is 13.5. The van der Waals surface area contributed by atoms with Gasteiger partial charge in [-0.3, -0.25) is 14.4 Å². The van der Waals surface area contributed by atoms with Gasteiger partial charge in [0.25, 0.3) is 0 Å². The fraction of sp³-hybridized carbons (Fsp3) is 0.667. The average Bonchev–Trinajstić information content (AvgIpc) is 2.87. The van der Waals surface area contributed by atoms with Crippen LogP contribution in [0.2, 0.25) is 0 Å². The van der Waals surface area contributed by atoms with Crippen molar-refractivity contribution in [3.05, 3.63) is 35.4 Å². The third kappa shape index (κ3) is 12.1. The van der Waals surface area contributed by atoms with Crippen LogP contribution in [0.5, 0.6) is 0 Å². The van der Waals surface area contributed by atoms with Crippen molar-refractivity contribution in [2.24, 2.45) is 5.92 Å². The van der Waals surface area contributed by atoms with Crippen molar-refractivity contribution in [3.63, 3.8) is 0 Å². The number of alkyl carbamates (subject to hydrolysis) is 1. The molecule has 3 atom stereocenters. The van der Waals surface area contributed by atoms with E-state index in [4.69, 9.17) is 4.74 Å². The predicted molar refractivity (Wildman–Crippen MR) is 152 cm³/mol. The van der Waals surface area contributed by atoms with Crippen molar-refractivity contribution >= 4 is 23.9 Å². The van der Waals surface area contributed by atoms with Gasteiger partial charge in [-0.05, 0) is 45.6 Å². The van der Waals surface area contributed by atoms with Gasteiger partial charge in [0, 0.05) is 6.54 Å². The molecule has 2 N–H and O–H groups in total. The predicted octanol–water partition coefficient (Wildman–Crippen LogP) is 5.06. The minimum absolute atomic E-state index is 0.219. The molecule has 0 fully saturated rings. The average molecular weight is 548 g/mol. The molecule has 9 heteroatoms. The zero-order valence-electron chi connectivity index (χ0n) is 25.1. The summed E-state index contributed by atoms with van der Waals surface area (Å²) in [5.41, 5.74) is 0.822. The first-order chi connectivity index (χ1) is 18.3. The van der Waals surface area contributed by atoms with Crippen LogP contribution in [-0.2, 0) is 23.9 Å². The molecule has 0 saturated heterocycles. The summed E-state index contributed by atoms with van der Waals surface area (Å²) in [5, 5.41) is 5.41. The largest absolute Gasteiger partial charge is 0.468 e. The number of aryl methyl sites for hydroxylation is 1. The van der Waals surface area contributed by atoms with E-state index in [-0.39, 0.29) is 18.4 Å². The van der Waals surface area contributed by atoms with E-state index in [1.165, 1.54) is 7.11 Å². The van der Waals surface area contributed by atoms with E-state index in [0.717, 1.165) is 31.2 Å². The highest BCUT2D eigenvalue weighted by Crippen LogP contribution is 2.26. The summed E-state index contributed by atoms with van der Waals surface area (Å²) in [6.07, 6.45) is 4.72. The number of benzene rings is 1. The number of esters is 1. The van der Waals surface area contributed by atoms with E-state index in [9.17, 15) is 19.2 Å². The van der Waals surface area contributed by atoms with Crippen molar-refractivity contribution in [1.29, 1.82) is 0 Å². The molecule has 0 saturated carbocycles.